The fourth-order valence-corrected chi connectivity index (χ4v) is 4.68. The van der Waals surface area contributed by atoms with Crippen LogP contribution >= 0.6 is 0 Å². The number of halogens is 3. The molecule has 194 valence electrons. The maximum atomic E-state index is 13.2. The first-order valence-corrected chi connectivity index (χ1v) is 11.9. The summed E-state index contributed by atoms with van der Waals surface area (Å²) in [5, 5.41) is 3.08. The van der Waals surface area contributed by atoms with Crippen LogP contribution in [0.4, 0.5) is 30.2 Å². The Kier molecular flexibility index (Phi) is 6.48. The zero-order valence-corrected chi connectivity index (χ0v) is 21.0. The van der Waals surface area contributed by atoms with Crippen LogP contribution in [0.3, 0.4) is 0 Å². The predicted molar refractivity (Wildman–Crippen MR) is 141 cm³/mol. The van der Waals surface area contributed by atoms with E-state index in [0.717, 1.165) is 34.5 Å². The van der Waals surface area contributed by atoms with Gasteiger partial charge in [0.1, 0.15) is 11.5 Å². The maximum Gasteiger partial charge on any atom is 0.416 e. The number of alkyl halides is 3. The van der Waals surface area contributed by atoms with Gasteiger partial charge in [0, 0.05) is 54.3 Å². The summed E-state index contributed by atoms with van der Waals surface area (Å²) in [6, 6.07) is 23.5. The number of carbonyl (C=O) groups excluding carboxylic acids is 1. The van der Waals surface area contributed by atoms with Crippen molar-refractivity contribution >= 4 is 23.0 Å². The number of hydrogen-bond donors (Lipinski definition) is 1. The topological polar surface area (TPSA) is 50.8 Å². The number of nitrogens with one attached hydrogen (secondary N) is 1. The van der Waals surface area contributed by atoms with E-state index in [1.165, 1.54) is 13.2 Å². The normalized spacial score (nSPS) is 14.1. The molecular formula is C30H25F3N2O3. The number of ether oxygens (including phenoxy) is 2. The lowest BCUT2D eigenvalue weighted by Gasteiger charge is -2.31. The summed E-state index contributed by atoms with van der Waals surface area (Å²) in [6.45, 7) is 0. The molecule has 5 rings (SSSR count). The second-order valence-electron chi connectivity index (χ2n) is 9.19. The Hall–Kier alpha value is -4.46. The van der Waals surface area contributed by atoms with Crippen molar-refractivity contribution < 1.29 is 27.4 Å². The summed E-state index contributed by atoms with van der Waals surface area (Å²) >= 11 is 0. The van der Waals surface area contributed by atoms with E-state index in [1.54, 1.807) is 30.3 Å². The molecule has 1 aliphatic rings. The number of carbonyl (C=O) groups is 1. The van der Waals surface area contributed by atoms with E-state index in [9.17, 15) is 18.0 Å². The fraction of sp³-hybridized carbons (Fsp3) is 0.167. The van der Waals surface area contributed by atoms with Crippen molar-refractivity contribution in [3.05, 3.63) is 113 Å². The molecule has 0 aromatic heterocycles. The Balaban J connectivity index is 1.63. The van der Waals surface area contributed by atoms with Crippen molar-refractivity contribution in [2.45, 2.75) is 12.1 Å². The lowest BCUT2D eigenvalue weighted by Crippen LogP contribution is -2.17. The maximum absolute atomic E-state index is 13.2. The highest BCUT2D eigenvalue weighted by molar-refractivity contribution is 5.92. The molecule has 1 N–H and O–H groups in total. The molecule has 4 aromatic rings. The minimum Gasteiger partial charge on any atom is -0.465 e. The quantitative estimate of drug-likeness (QED) is 0.243. The average molecular weight is 519 g/mol. The molecule has 0 radical (unpaired) electrons. The number of nitrogens with zero attached hydrogens (tertiary/aromatic N) is 1. The number of fused-ring (bicyclic) bond motifs is 2. The van der Waals surface area contributed by atoms with Crippen molar-refractivity contribution in [2.24, 2.45) is 0 Å². The van der Waals surface area contributed by atoms with Gasteiger partial charge in [-0.2, -0.15) is 13.2 Å². The Bertz CT molecular complexity index is 1520. The molecule has 1 unspecified atom stereocenters. The molecule has 1 atom stereocenters. The molecule has 0 bridgehead atoms. The molecule has 0 aliphatic carbocycles. The summed E-state index contributed by atoms with van der Waals surface area (Å²) in [6.07, 6.45) is -4.45. The molecule has 5 nitrogen and oxygen atoms in total. The van der Waals surface area contributed by atoms with Gasteiger partial charge in [0.2, 0.25) is 0 Å². The van der Waals surface area contributed by atoms with Crippen LogP contribution in [0.15, 0.2) is 84.9 Å². The van der Waals surface area contributed by atoms with Crippen LogP contribution in [0.2, 0.25) is 0 Å². The number of methoxy groups -OCH3 is 1. The van der Waals surface area contributed by atoms with Crippen LogP contribution < -0.4 is 15.0 Å². The van der Waals surface area contributed by atoms with Crippen LogP contribution in [0.1, 0.15) is 38.5 Å². The Morgan fingerprint density at radius 3 is 2.34 bits per heavy atom. The van der Waals surface area contributed by atoms with Crippen LogP contribution in [-0.2, 0) is 10.9 Å². The van der Waals surface area contributed by atoms with Crippen LogP contribution in [0, 0.1) is 0 Å². The van der Waals surface area contributed by atoms with Gasteiger partial charge in [0.15, 0.2) is 0 Å². The fourth-order valence-electron chi connectivity index (χ4n) is 4.68. The third-order valence-corrected chi connectivity index (χ3v) is 6.52. The third kappa shape index (κ3) is 4.77. The molecule has 0 fully saturated rings. The first kappa shape index (κ1) is 25.2. The second kappa shape index (κ2) is 9.78. The molecule has 1 heterocycles. The average Bonchev–Trinajstić information content (AvgIpc) is 2.90. The van der Waals surface area contributed by atoms with E-state index in [-0.39, 0.29) is 5.92 Å². The number of rotatable bonds is 5. The largest absolute Gasteiger partial charge is 0.465 e. The summed E-state index contributed by atoms with van der Waals surface area (Å²) < 4.78 is 51.1. The molecule has 4 aromatic carbocycles. The first-order valence-electron chi connectivity index (χ1n) is 11.9. The molecule has 38 heavy (non-hydrogen) atoms. The highest BCUT2D eigenvalue weighted by Gasteiger charge is 2.33. The van der Waals surface area contributed by atoms with Gasteiger partial charge < -0.3 is 19.7 Å². The minimum atomic E-state index is -4.45. The van der Waals surface area contributed by atoms with E-state index in [0.29, 0.717) is 28.4 Å². The summed E-state index contributed by atoms with van der Waals surface area (Å²) in [7, 11) is 5.22. The summed E-state index contributed by atoms with van der Waals surface area (Å²) in [4.78, 5) is 14.7. The lowest BCUT2D eigenvalue weighted by atomic mass is 9.80. The minimum absolute atomic E-state index is 0.305. The number of benzene rings is 4. The standard InChI is InChI=1S/C30H25F3N2O3/c1-35(2)21-12-13-24-27(17-21)38-26-14-11-20(34-19-8-6-7-18(15-19)30(31,32)33)16-25(26)28(24)22-9-4-5-10-23(22)29(36)37-3/h4-17,28,34H,1-3H3. The van der Waals surface area contributed by atoms with Gasteiger partial charge in [0.25, 0.3) is 0 Å². The van der Waals surface area contributed by atoms with Crippen molar-refractivity contribution in [3.8, 4) is 11.5 Å². The number of hydrogen-bond acceptors (Lipinski definition) is 5. The Morgan fingerprint density at radius 1 is 0.842 bits per heavy atom. The second-order valence-corrected chi connectivity index (χ2v) is 9.19. The van der Waals surface area contributed by atoms with Gasteiger partial charge in [0.05, 0.1) is 18.2 Å². The molecule has 0 saturated heterocycles. The van der Waals surface area contributed by atoms with Crippen LogP contribution in [-0.4, -0.2) is 27.2 Å². The molecule has 0 saturated carbocycles. The molecule has 0 amide bonds. The summed E-state index contributed by atoms with van der Waals surface area (Å²) in [5.74, 6) is 0.404. The first-order chi connectivity index (χ1) is 18.2. The van der Waals surface area contributed by atoms with Gasteiger partial charge in [-0.25, -0.2) is 4.79 Å². The van der Waals surface area contributed by atoms with Crippen LogP contribution in [0.25, 0.3) is 0 Å². The number of anilines is 3. The third-order valence-electron chi connectivity index (χ3n) is 6.52. The van der Waals surface area contributed by atoms with Crippen LogP contribution in [0.5, 0.6) is 11.5 Å². The van der Waals surface area contributed by atoms with Crippen molar-refractivity contribution in [1.82, 2.24) is 0 Å². The molecular weight excluding hydrogens is 493 g/mol. The molecule has 8 heteroatoms. The Morgan fingerprint density at radius 2 is 1.61 bits per heavy atom. The zero-order valence-electron chi connectivity index (χ0n) is 21.0. The van der Waals surface area contributed by atoms with Crippen molar-refractivity contribution in [1.29, 1.82) is 0 Å². The van der Waals surface area contributed by atoms with E-state index >= 15 is 0 Å². The lowest BCUT2D eigenvalue weighted by molar-refractivity contribution is -0.137. The van der Waals surface area contributed by atoms with Gasteiger partial charge in [-0.15, -0.1) is 0 Å². The highest BCUT2D eigenvalue weighted by atomic mass is 19.4. The Labute approximate surface area is 218 Å². The van der Waals surface area contributed by atoms with Gasteiger partial charge in [-0.05, 0) is 54.1 Å². The highest BCUT2D eigenvalue weighted by Crippen LogP contribution is 2.50. The van der Waals surface area contributed by atoms with E-state index in [4.69, 9.17) is 9.47 Å². The van der Waals surface area contributed by atoms with E-state index in [2.05, 4.69) is 5.32 Å². The summed E-state index contributed by atoms with van der Waals surface area (Å²) in [5.41, 5.74) is 3.89. The smallest absolute Gasteiger partial charge is 0.416 e. The van der Waals surface area contributed by atoms with Gasteiger partial charge in [-0.1, -0.05) is 30.3 Å². The number of esters is 1. The predicted octanol–water partition coefficient (Wildman–Crippen LogP) is 7.59. The zero-order chi connectivity index (χ0) is 27.0. The van der Waals surface area contributed by atoms with Gasteiger partial charge in [-0.3, -0.25) is 0 Å². The van der Waals surface area contributed by atoms with E-state index in [1.807, 2.05) is 55.4 Å². The molecule has 0 spiro atoms. The van der Waals surface area contributed by atoms with Gasteiger partial charge >= 0.3 is 12.1 Å². The molecule has 1 aliphatic heterocycles. The van der Waals surface area contributed by atoms with Crippen molar-refractivity contribution in [2.75, 3.05) is 31.4 Å². The monoisotopic (exact) mass is 518 g/mol. The van der Waals surface area contributed by atoms with Crippen molar-refractivity contribution in [3.63, 3.8) is 0 Å². The SMILES string of the molecule is COC(=O)c1ccccc1C1c2ccc(N(C)C)cc2Oc2ccc(Nc3cccc(C(F)(F)F)c3)cc21. The van der Waals surface area contributed by atoms with E-state index < -0.39 is 17.7 Å².